The molecular weight excluding hydrogens is 430 g/mol. The van der Waals surface area contributed by atoms with Crippen molar-refractivity contribution in [3.05, 3.63) is 94.9 Å². The first-order valence-electron chi connectivity index (χ1n) is 11.0. The number of primary amides is 1. The molecule has 2 heterocycles. The zero-order chi connectivity index (χ0) is 23.9. The number of nitrogens with zero attached hydrogens (tertiary/aromatic N) is 2. The minimum atomic E-state index is -0.751. The van der Waals surface area contributed by atoms with Gasteiger partial charge >= 0.3 is 5.97 Å². The second-order valence-corrected chi connectivity index (χ2v) is 8.67. The predicted octanol–water partition coefficient (Wildman–Crippen LogP) is 4.52. The number of pyridine rings is 1. The van der Waals surface area contributed by atoms with Gasteiger partial charge in [-0.1, -0.05) is 59.8 Å². The van der Waals surface area contributed by atoms with Crippen LogP contribution in [0.15, 0.2) is 71.3 Å². The maximum Gasteiger partial charge on any atom is 0.314 e. The van der Waals surface area contributed by atoms with Gasteiger partial charge in [-0.25, -0.2) is 4.98 Å². The zero-order valence-electron chi connectivity index (χ0n) is 18.6. The summed E-state index contributed by atoms with van der Waals surface area (Å²) in [6, 6.07) is 20.9. The largest absolute Gasteiger partial charge is 0.481 e. The van der Waals surface area contributed by atoms with Crippen LogP contribution >= 0.6 is 0 Å². The summed E-state index contributed by atoms with van der Waals surface area (Å²) in [6.45, 7) is 1.87. The Morgan fingerprint density at radius 3 is 2.18 bits per heavy atom. The van der Waals surface area contributed by atoms with Crippen molar-refractivity contribution in [1.82, 2.24) is 10.1 Å². The third kappa shape index (κ3) is 3.85. The van der Waals surface area contributed by atoms with Gasteiger partial charge in [-0.15, -0.1) is 0 Å². The lowest BCUT2D eigenvalue weighted by atomic mass is 9.93. The number of carboxylic acids is 1. The number of aliphatic carboxylic acids is 1. The molecule has 0 atom stereocenters. The van der Waals surface area contributed by atoms with Gasteiger partial charge in [0.2, 0.25) is 0 Å². The Bertz CT molecular complexity index is 1380. The Morgan fingerprint density at radius 2 is 1.59 bits per heavy atom. The molecule has 4 aromatic rings. The van der Waals surface area contributed by atoms with Gasteiger partial charge in [0.15, 0.2) is 5.76 Å². The molecule has 2 aromatic heterocycles. The van der Waals surface area contributed by atoms with Gasteiger partial charge in [-0.05, 0) is 48.6 Å². The maximum absolute atomic E-state index is 11.6. The van der Waals surface area contributed by atoms with Gasteiger partial charge in [0.25, 0.3) is 5.91 Å². The van der Waals surface area contributed by atoms with E-state index in [1.54, 1.807) is 12.1 Å². The van der Waals surface area contributed by atoms with E-state index in [2.05, 4.69) is 10.1 Å². The third-order valence-electron chi connectivity index (χ3n) is 6.48. The molecule has 0 aliphatic heterocycles. The van der Waals surface area contributed by atoms with Gasteiger partial charge in [-0.2, -0.15) is 0 Å². The van der Waals surface area contributed by atoms with Crippen LogP contribution in [0.3, 0.4) is 0 Å². The van der Waals surface area contributed by atoms with E-state index in [0.717, 1.165) is 33.5 Å². The number of carbonyl (C=O) groups is 2. The van der Waals surface area contributed by atoms with E-state index in [1.165, 1.54) is 0 Å². The summed E-state index contributed by atoms with van der Waals surface area (Å²) in [5.41, 5.74) is 11.0. The van der Waals surface area contributed by atoms with Gasteiger partial charge in [0, 0.05) is 23.2 Å². The van der Waals surface area contributed by atoms with Crippen LogP contribution in [0.25, 0.3) is 22.5 Å². The Hall–Kier alpha value is -4.26. The summed E-state index contributed by atoms with van der Waals surface area (Å²) in [6.07, 6.45) is 1.84. The Kier molecular flexibility index (Phi) is 5.24. The van der Waals surface area contributed by atoms with Crippen LogP contribution in [0.2, 0.25) is 0 Å². The summed E-state index contributed by atoms with van der Waals surface area (Å²) < 4.78 is 5.63. The lowest BCUT2D eigenvalue weighted by Crippen LogP contribution is -2.19. The number of aromatic nitrogens is 2. The van der Waals surface area contributed by atoms with E-state index in [-0.39, 0.29) is 5.69 Å². The molecule has 1 fully saturated rings. The maximum atomic E-state index is 11.6. The number of amides is 1. The average molecular weight is 453 g/mol. The Labute approximate surface area is 196 Å². The zero-order valence-corrected chi connectivity index (χ0v) is 18.6. The summed E-state index contributed by atoms with van der Waals surface area (Å²) in [7, 11) is 0. The van der Waals surface area contributed by atoms with Crippen LogP contribution in [-0.4, -0.2) is 27.1 Å². The minimum Gasteiger partial charge on any atom is -0.481 e. The van der Waals surface area contributed by atoms with Gasteiger partial charge in [0.05, 0.1) is 11.1 Å². The van der Waals surface area contributed by atoms with Crippen molar-refractivity contribution >= 4 is 11.9 Å². The second-order valence-electron chi connectivity index (χ2n) is 8.67. The standard InChI is InChI=1S/C27H23N3O4/c1-16-22(15-21-3-2-4-23(29-21)25(28)31)24(34-30-16)19-7-5-17(6-8-19)18-9-11-20(12-10-18)27(13-14-27)26(32)33/h2-12H,13-15H2,1H3,(H2,28,31)(H,32,33). The molecule has 0 bridgehead atoms. The molecule has 0 radical (unpaired) electrons. The van der Waals surface area contributed by atoms with Crippen LogP contribution in [0.1, 0.15) is 45.8 Å². The van der Waals surface area contributed by atoms with Crippen molar-refractivity contribution in [1.29, 1.82) is 0 Å². The summed E-state index contributed by atoms with van der Waals surface area (Å²) in [5, 5.41) is 13.6. The number of carboxylic acid groups (broad SMARTS) is 1. The summed E-state index contributed by atoms with van der Waals surface area (Å²) in [5.74, 6) is -0.662. The monoisotopic (exact) mass is 453 g/mol. The highest BCUT2D eigenvalue weighted by atomic mass is 16.5. The normalized spacial score (nSPS) is 14.0. The van der Waals surface area contributed by atoms with Crippen molar-refractivity contribution in [2.24, 2.45) is 5.73 Å². The van der Waals surface area contributed by atoms with Gasteiger partial charge in [-0.3, -0.25) is 9.59 Å². The van der Waals surface area contributed by atoms with E-state index < -0.39 is 17.3 Å². The van der Waals surface area contributed by atoms with Crippen molar-refractivity contribution in [3.63, 3.8) is 0 Å². The molecule has 0 saturated heterocycles. The molecule has 3 N–H and O–H groups in total. The van der Waals surface area contributed by atoms with Crippen LogP contribution in [0.4, 0.5) is 0 Å². The fraction of sp³-hybridized carbons (Fsp3) is 0.185. The smallest absolute Gasteiger partial charge is 0.314 e. The molecule has 0 unspecified atom stereocenters. The number of hydrogen-bond acceptors (Lipinski definition) is 5. The highest BCUT2D eigenvalue weighted by Crippen LogP contribution is 2.48. The number of benzene rings is 2. The molecular formula is C27H23N3O4. The third-order valence-corrected chi connectivity index (χ3v) is 6.48. The molecule has 7 heteroatoms. The summed E-state index contributed by atoms with van der Waals surface area (Å²) >= 11 is 0. The number of aryl methyl sites for hydroxylation is 1. The first-order chi connectivity index (χ1) is 16.4. The van der Waals surface area contributed by atoms with Crippen molar-refractivity contribution in [3.8, 4) is 22.5 Å². The minimum absolute atomic E-state index is 0.222. The number of nitrogens with two attached hydrogens (primary N) is 1. The van der Waals surface area contributed by atoms with Crippen molar-refractivity contribution in [2.45, 2.75) is 31.6 Å². The molecule has 0 spiro atoms. The second kappa shape index (κ2) is 8.26. The van der Waals surface area contributed by atoms with Crippen molar-refractivity contribution in [2.75, 3.05) is 0 Å². The molecule has 1 saturated carbocycles. The fourth-order valence-corrected chi connectivity index (χ4v) is 4.27. The first kappa shape index (κ1) is 21.6. The highest BCUT2D eigenvalue weighted by Gasteiger charge is 2.51. The van der Waals surface area contributed by atoms with E-state index >= 15 is 0 Å². The molecule has 34 heavy (non-hydrogen) atoms. The lowest BCUT2D eigenvalue weighted by Gasteiger charge is -2.11. The highest BCUT2D eigenvalue weighted by molar-refractivity contribution is 5.90. The number of hydrogen-bond donors (Lipinski definition) is 2. The fourth-order valence-electron chi connectivity index (χ4n) is 4.27. The Morgan fingerprint density at radius 1 is 0.971 bits per heavy atom. The topological polar surface area (TPSA) is 119 Å². The van der Waals surface area contributed by atoms with E-state index in [9.17, 15) is 14.7 Å². The molecule has 1 aliphatic carbocycles. The van der Waals surface area contributed by atoms with E-state index in [0.29, 0.717) is 30.7 Å². The predicted molar refractivity (Wildman–Crippen MR) is 126 cm³/mol. The number of rotatable bonds is 7. The molecule has 1 amide bonds. The molecule has 2 aromatic carbocycles. The first-order valence-corrected chi connectivity index (χ1v) is 11.0. The summed E-state index contributed by atoms with van der Waals surface area (Å²) in [4.78, 5) is 27.4. The van der Waals surface area contributed by atoms with Crippen LogP contribution in [0.5, 0.6) is 0 Å². The van der Waals surface area contributed by atoms with E-state index in [4.69, 9.17) is 10.3 Å². The van der Waals surface area contributed by atoms with Gasteiger partial charge < -0.3 is 15.4 Å². The van der Waals surface area contributed by atoms with Crippen LogP contribution < -0.4 is 5.73 Å². The average Bonchev–Trinajstić information content (AvgIpc) is 3.59. The number of carbonyl (C=O) groups excluding carboxylic acids is 1. The van der Waals surface area contributed by atoms with Gasteiger partial charge in [0.1, 0.15) is 5.69 Å². The van der Waals surface area contributed by atoms with Crippen LogP contribution in [0, 0.1) is 6.92 Å². The van der Waals surface area contributed by atoms with Crippen LogP contribution in [-0.2, 0) is 16.6 Å². The molecule has 7 nitrogen and oxygen atoms in total. The SMILES string of the molecule is Cc1noc(-c2ccc(-c3ccc(C4(C(=O)O)CC4)cc3)cc2)c1Cc1cccc(C(N)=O)n1. The molecule has 170 valence electrons. The molecule has 1 aliphatic rings. The van der Waals surface area contributed by atoms with Crippen molar-refractivity contribution < 1.29 is 19.2 Å². The van der Waals surface area contributed by atoms with E-state index in [1.807, 2.05) is 61.5 Å². The molecule has 5 rings (SSSR count). The quantitative estimate of drug-likeness (QED) is 0.425. The lowest BCUT2D eigenvalue weighted by molar-refractivity contribution is -0.140. The Balaban J connectivity index is 1.39.